The van der Waals surface area contributed by atoms with E-state index in [2.05, 4.69) is 5.32 Å². The number of carbonyl (C=O) groups is 2. The molecule has 1 fully saturated rings. The van der Waals surface area contributed by atoms with E-state index in [0.717, 1.165) is 19.3 Å². The summed E-state index contributed by atoms with van der Waals surface area (Å²) >= 11 is 6.01. The first-order valence-electron chi connectivity index (χ1n) is 9.71. The Labute approximate surface area is 181 Å². The predicted octanol–water partition coefficient (Wildman–Crippen LogP) is 3.94. The highest BCUT2D eigenvalue weighted by atomic mass is 35.5. The number of amides is 1. The third-order valence-electron chi connectivity index (χ3n) is 4.77. The van der Waals surface area contributed by atoms with Crippen LogP contribution in [-0.4, -0.2) is 44.3 Å². The lowest BCUT2D eigenvalue weighted by atomic mass is 10.1. The number of sulfonamides is 1. The van der Waals surface area contributed by atoms with Crippen LogP contribution in [0.2, 0.25) is 5.02 Å². The Bertz CT molecular complexity index is 1050. The highest BCUT2D eigenvalue weighted by molar-refractivity contribution is 7.89. The number of hydrogen-bond acceptors (Lipinski definition) is 5. The van der Waals surface area contributed by atoms with E-state index in [-0.39, 0.29) is 28.3 Å². The molecular weight excluding hydrogens is 428 g/mol. The maximum absolute atomic E-state index is 12.9. The first-order valence-corrected chi connectivity index (χ1v) is 11.5. The van der Waals surface area contributed by atoms with Crippen LogP contribution in [0.1, 0.15) is 46.9 Å². The Morgan fingerprint density at radius 1 is 1.10 bits per heavy atom. The molecule has 160 valence electrons. The van der Waals surface area contributed by atoms with E-state index in [1.54, 1.807) is 6.92 Å². The van der Waals surface area contributed by atoms with Gasteiger partial charge in [0.1, 0.15) is 0 Å². The van der Waals surface area contributed by atoms with E-state index in [1.807, 2.05) is 0 Å². The number of benzene rings is 2. The highest BCUT2D eigenvalue weighted by Gasteiger charge is 2.26. The fourth-order valence-electron chi connectivity index (χ4n) is 3.25. The number of ether oxygens (including phenoxy) is 1. The van der Waals surface area contributed by atoms with E-state index in [4.69, 9.17) is 16.3 Å². The van der Waals surface area contributed by atoms with Crippen LogP contribution >= 0.6 is 11.6 Å². The quantitative estimate of drug-likeness (QED) is 0.673. The number of hydrogen-bond donors (Lipinski definition) is 1. The molecule has 0 unspecified atom stereocenters. The van der Waals surface area contributed by atoms with Crippen molar-refractivity contribution in [3.05, 3.63) is 58.6 Å². The monoisotopic (exact) mass is 450 g/mol. The number of anilines is 1. The molecule has 0 radical (unpaired) electrons. The average molecular weight is 451 g/mol. The van der Waals surface area contributed by atoms with Crippen molar-refractivity contribution in [3.63, 3.8) is 0 Å². The molecule has 1 amide bonds. The second-order valence-electron chi connectivity index (χ2n) is 6.86. The van der Waals surface area contributed by atoms with Gasteiger partial charge in [-0.25, -0.2) is 13.2 Å². The molecule has 0 bridgehead atoms. The van der Waals surface area contributed by atoms with Crippen LogP contribution in [0.15, 0.2) is 47.4 Å². The van der Waals surface area contributed by atoms with Gasteiger partial charge in [-0.15, -0.1) is 0 Å². The van der Waals surface area contributed by atoms with Crippen molar-refractivity contribution in [2.75, 3.05) is 25.0 Å². The van der Waals surface area contributed by atoms with Crippen molar-refractivity contribution in [2.24, 2.45) is 0 Å². The first kappa shape index (κ1) is 22.3. The van der Waals surface area contributed by atoms with Gasteiger partial charge in [-0.3, -0.25) is 4.79 Å². The minimum absolute atomic E-state index is 0.0637. The fourth-order valence-corrected chi connectivity index (χ4v) is 4.99. The summed E-state index contributed by atoms with van der Waals surface area (Å²) in [4.78, 5) is 25.0. The van der Waals surface area contributed by atoms with Gasteiger partial charge in [0.25, 0.3) is 5.91 Å². The molecule has 30 heavy (non-hydrogen) atoms. The van der Waals surface area contributed by atoms with Gasteiger partial charge in [-0.1, -0.05) is 24.1 Å². The van der Waals surface area contributed by atoms with Crippen LogP contribution in [0.3, 0.4) is 0 Å². The molecule has 3 rings (SSSR count). The zero-order chi connectivity index (χ0) is 21.7. The normalized spacial score (nSPS) is 14.9. The Balaban J connectivity index is 1.86. The lowest BCUT2D eigenvalue weighted by Crippen LogP contribution is -2.35. The summed E-state index contributed by atoms with van der Waals surface area (Å²) < 4.78 is 32.2. The van der Waals surface area contributed by atoms with Crippen LogP contribution in [0, 0.1) is 0 Å². The van der Waals surface area contributed by atoms with Gasteiger partial charge in [0, 0.05) is 23.7 Å². The van der Waals surface area contributed by atoms with Gasteiger partial charge >= 0.3 is 5.97 Å². The lowest BCUT2D eigenvalue weighted by molar-refractivity contribution is 0.0527. The van der Waals surface area contributed by atoms with Crippen molar-refractivity contribution in [3.8, 4) is 0 Å². The van der Waals surface area contributed by atoms with Crippen LogP contribution in [0.4, 0.5) is 5.69 Å². The van der Waals surface area contributed by atoms with Crippen molar-refractivity contribution >= 4 is 39.2 Å². The van der Waals surface area contributed by atoms with Gasteiger partial charge in [-0.2, -0.15) is 4.31 Å². The Kier molecular flexibility index (Phi) is 7.12. The molecule has 2 aromatic carbocycles. The molecule has 0 aliphatic carbocycles. The van der Waals surface area contributed by atoms with E-state index < -0.39 is 21.9 Å². The minimum Gasteiger partial charge on any atom is -0.462 e. The Hall–Kier alpha value is -2.42. The molecular formula is C21H23ClN2O5S. The number of carbonyl (C=O) groups excluding carboxylic acids is 2. The van der Waals surface area contributed by atoms with E-state index in [0.29, 0.717) is 18.1 Å². The van der Waals surface area contributed by atoms with E-state index in [9.17, 15) is 18.0 Å². The standard InChI is InChI=1S/C21H23ClN2O5S/c1-2-29-21(26)18-10-9-16(22)14-19(18)23-20(25)15-7-6-8-17(13-15)30(27,28)24-11-4-3-5-12-24/h6-10,13-14H,2-5,11-12H2,1H3,(H,23,25). The molecule has 0 spiro atoms. The van der Waals surface area contributed by atoms with Crippen LogP contribution in [0.25, 0.3) is 0 Å². The van der Waals surface area contributed by atoms with Crippen LogP contribution in [-0.2, 0) is 14.8 Å². The maximum Gasteiger partial charge on any atom is 0.340 e. The molecule has 1 aliphatic rings. The number of piperidine rings is 1. The van der Waals surface area contributed by atoms with Gasteiger partial charge in [0.2, 0.25) is 10.0 Å². The topological polar surface area (TPSA) is 92.8 Å². The zero-order valence-electron chi connectivity index (χ0n) is 16.6. The molecule has 0 saturated carbocycles. The number of rotatable bonds is 6. The molecule has 1 saturated heterocycles. The van der Waals surface area contributed by atoms with Crippen molar-refractivity contribution in [1.29, 1.82) is 0 Å². The predicted molar refractivity (Wildman–Crippen MR) is 114 cm³/mol. The number of nitrogens with one attached hydrogen (secondary N) is 1. The summed E-state index contributed by atoms with van der Waals surface area (Å²) in [6.07, 6.45) is 2.66. The molecule has 7 nitrogen and oxygen atoms in total. The third-order valence-corrected chi connectivity index (χ3v) is 6.90. The summed E-state index contributed by atoms with van der Waals surface area (Å²) in [5, 5.41) is 2.97. The maximum atomic E-state index is 12.9. The fraction of sp³-hybridized carbons (Fsp3) is 0.333. The second kappa shape index (κ2) is 9.59. The van der Waals surface area contributed by atoms with Crippen LogP contribution in [0.5, 0.6) is 0 Å². The van der Waals surface area contributed by atoms with Crippen molar-refractivity contribution in [1.82, 2.24) is 4.31 Å². The number of halogens is 1. The van der Waals surface area contributed by atoms with Crippen molar-refractivity contribution < 1.29 is 22.7 Å². The summed E-state index contributed by atoms with van der Waals surface area (Å²) in [6.45, 7) is 2.82. The lowest BCUT2D eigenvalue weighted by Gasteiger charge is -2.26. The largest absolute Gasteiger partial charge is 0.462 e. The Morgan fingerprint density at radius 3 is 2.53 bits per heavy atom. The molecule has 0 atom stereocenters. The molecule has 1 N–H and O–H groups in total. The number of esters is 1. The first-order chi connectivity index (χ1) is 14.3. The highest BCUT2D eigenvalue weighted by Crippen LogP contribution is 2.24. The summed E-state index contributed by atoms with van der Waals surface area (Å²) in [6, 6.07) is 10.3. The van der Waals surface area contributed by atoms with Gasteiger partial charge in [0.15, 0.2) is 0 Å². The van der Waals surface area contributed by atoms with Crippen LogP contribution < -0.4 is 5.32 Å². The third kappa shape index (κ3) is 5.00. The van der Waals surface area contributed by atoms with Gasteiger partial charge in [-0.05, 0) is 56.2 Å². The summed E-state index contributed by atoms with van der Waals surface area (Å²) in [5.74, 6) is -1.15. The molecule has 2 aromatic rings. The van der Waals surface area contributed by atoms with E-state index in [1.165, 1.54) is 46.8 Å². The smallest absolute Gasteiger partial charge is 0.340 e. The van der Waals surface area contributed by atoms with E-state index >= 15 is 0 Å². The number of nitrogens with zero attached hydrogens (tertiary/aromatic N) is 1. The minimum atomic E-state index is -3.67. The summed E-state index contributed by atoms with van der Waals surface area (Å²) in [5.41, 5.74) is 0.504. The van der Waals surface area contributed by atoms with Gasteiger partial charge in [0.05, 0.1) is 22.8 Å². The molecule has 1 heterocycles. The summed E-state index contributed by atoms with van der Waals surface area (Å²) in [7, 11) is -3.67. The SMILES string of the molecule is CCOC(=O)c1ccc(Cl)cc1NC(=O)c1cccc(S(=O)(=O)N2CCCCC2)c1. The second-order valence-corrected chi connectivity index (χ2v) is 9.23. The molecule has 0 aromatic heterocycles. The zero-order valence-corrected chi connectivity index (χ0v) is 18.1. The average Bonchev–Trinajstić information content (AvgIpc) is 2.74. The Morgan fingerprint density at radius 2 is 1.83 bits per heavy atom. The van der Waals surface area contributed by atoms with Gasteiger partial charge < -0.3 is 10.1 Å². The molecule has 9 heteroatoms. The van der Waals surface area contributed by atoms with Crippen molar-refractivity contribution in [2.45, 2.75) is 31.1 Å². The molecule has 1 aliphatic heterocycles.